The highest BCUT2D eigenvalue weighted by Gasteiger charge is 2.21. The summed E-state index contributed by atoms with van der Waals surface area (Å²) < 4.78 is 15.4. The molecule has 1 fully saturated rings. The number of hydrogen-bond donors (Lipinski definition) is 1. The Bertz CT molecular complexity index is 589. The lowest BCUT2D eigenvalue weighted by molar-refractivity contribution is 0.623. The minimum atomic E-state index is -0.390. The maximum atomic E-state index is 13.2. The molecule has 0 aliphatic heterocycles. The number of benzene rings is 1. The van der Waals surface area contributed by atoms with Gasteiger partial charge in [-0.3, -0.25) is 0 Å². The molecule has 7 heteroatoms. The summed E-state index contributed by atoms with van der Waals surface area (Å²) in [6.45, 7) is 0.664. The fourth-order valence-corrected chi connectivity index (χ4v) is 2.84. The van der Waals surface area contributed by atoms with Gasteiger partial charge in [-0.15, -0.1) is 5.10 Å². The van der Waals surface area contributed by atoms with E-state index in [0.29, 0.717) is 27.8 Å². The second kappa shape index (κ2) is 5.19. The van der Waals surface area contributed by atoms with Crippen LogP contribution in [0, 0.1) is 5.82 Å². The SMILES string of the molecule is Fc1cc(Cl)c(-n2nncc2CNC2CC2)c(Br)c1. The molecule has 1 N–H and O–H groups in total. The van der Waals surface area contributed by atoms with Crippen molar-refractivity contribution in [2.75, 3.05) is 0 Å². The Balaban J connectivity index is 1.95. The molecule has 1 aromatic heterocycles. The van der Waals surface area contributed by atoms with Crippen molar-refractivity contribution >= 4 is 27.5 Å². The highest BCUT2D eigenvalue weighted by Crippen LogP contribution is 2.30. The molecule has 0 spiro atoms. The van der Waals surface area contributed by atoms with Gasteiger partial charge in [-0.2, -0.15) is 0 Å². The predicted octanol–water partition coefficient (Wildman–Crippen LogP) is 3.07. The summed E-state index contributed by atoms with van der Waals surface area (Å²) in [4.78, 5) is 0. The molecule has 0 unspecified atom stereocenters. The zero-order valence-electron chi connectivity index (χ0n) is 9.91. The lowest BCUT2D eigenvalue weighted by Gasteiger charge is -2.10. The molecule has 0 saturated heterocycles. The fourth-order valence-electron chi connectivity index (χ4n) is 1.84. The third-order valence-corrected chi connectivity index (χ3v) is 3.86. The number of hydrogen-bond acceptors (Lipinski definition) is 3. The molecule has 0 atom stereocenters. The van der Waals surface area contributed by atoms with E-state index in [1.807, 2.05) is 0 Å². The van der Waals surface area contributed by atoms with Crippen molar-refractivity contribution in [2.45, 2.75) is 25.4 Å². The average Bonchev–Trinajstić information content (AvgIpc) is 3.06. The van der Waals surface area contributed by atoms with Crippen LogP contribution in [0.4, 0.5) is 4.39 Å². The minimum absolute atomic E-state index is 0.296. The Morgan fingerprint density at radius 3 is 2.95 bits per heavy atom. The normalized spacial score (nSPS) is 14.9. The molecule has 1 heterocycles. The predicted molar refractivity (Wildman–Crippen MR) is 73.9 cm³/mol. The first-order valence-electron chi connectivity index (χ1n) is 5.93. The lowest BCUT2D eigenvalue weighted by atomic mass is 10.3. The second-order valence-corrected chi connectivity index (χ2v) is 5.77. The van der Waals surface area contributed by atoms with Gasteiger partial charge in [-0.25, -0.2) is 9.07 Å². The van der Waals surface area contributed by atoms with Crippen LogP contribution >= 0.6 is 27.5 Å². The van der Waals surface area contributed by atoms with Gasteiger partial charge in [0, 0.05) is 17.1 Å². The largest absolute Gasteiger partial charge is 0.308 e. The minimum Gasteiger partial charge on any atom is -0.308 e. The monoisotopic (exact) mass is 344 g/mol. The maximum Gasteiger partial charge on any atom is 0.125 e. The van der Waals surface area contributed by atoms with Gasteiger partial charge in [-0.1, -0.05) is 16.8 Å². The van der Waals surface area contributed by atoms with E-state index >= 15 is 0 Å². The van der Waals surface area contributed by atoms with Crippen LogP contribution in [-0.4, -0.2) is 21.0 Å². The van der Waals surface area contributed by atoms with E-state index in [2.05, 4.69) is 31.6 Å². The van der Waals surface area contributed by atoms with Crippen LogP contribution < -0.4 is 5.32 Å². The van der Waals surface area contributed by atoms with Crippen LogP contribution in [0.15, 0.2) is 22.8 Å². The number of nitrogens with zero attached hydrogens (tertiary/aromatic N) is 3. The second-order valence-electron chi connectivity index (χ2n) is 4.51. The van der Waals surface area contributed by atoms with Gasteiger partial charge in [-0.05, 0) is 40.9 Å². The standard InChI is InChI=1S/C12H11BrClFN4/c13-10-3-7(15)4-11(14)12(10)19-9(6-17-18-19)5-16-8-1-2-8/h3-4,6,8,16H,1-2,5H2. The molecule has 2 aromatic rings. The first-order chi connectivity index (χ1) is 9.15. The summed E-state index contributed by atoms with van der Waals surface area (Å²) in [7, 11) is 0. The van der Waals surface area contributed by atoms with Crippen LogP contribution in [0.2, 0.25) is 5.02 Å². The van der Waals surface area contributed by atoms with E-state index in [9.17, 15) is 4.39 Å². The van der Waals surface area contributed by atoms with Gasteiger partial charge in [0.25, 0.3) is 0 Å². The van der Waals surface area contributed by atoms with Crippen molar-refractivity contribution < 1.29 is 4.39 Å². The van der Waals surface area contributed by atoms with Gasteiger partial charge in [0.1, 0.15) is 5.82 Å². The highest BCUT2D eigenvalue weighted by atomic mass is 79.9. The smallest absolute Gasteiger partial charge is 0.125 e. The van der Waals surface area contributed by atoms with E-state index in [0.717, 1.165) is 5.69 Å². The molecule has 4 nitrogen and oxygen atoms in total. The topological polar surface area (TPSA) is 42.7 Å². The molecule has 19 heavy (non-hydrogen) atoms. The molecule has 0 bridgehead atoms. The molecule has 1 aliphatic rings. The Hall–Kier alpha value is -0.980. The lowest BCUT2D eigenvalue weighted by Crippen LogP contribution is -2.18. The Morgan fingerprint density at radius 2 is 2.26 bits per heavy atom. The summed E-state index contributed by atoms with van der Waals surface area (Å²) >= 11 is 9.41. The quantitative estimate of drug-likeness (QED) is 0.926. The molecule has 3 rings (SSSR count). The molecular formula is C12H11BrClFN4. The molecule has 1 aromatic carbocycles. The van der Waals surface area contributed by atoms with E-state index < -0.39 is 5.82 Å². The summed E-state index contributed by atoms with van der Waals surface area (Å²) in [5.74, 6) is -0.390. The number of halogens is 3. The van der Waals surface area contributed by atoms with Crippen LogP contribution in [0.1, 0.15) is 18.5 Å². The van der Waals surface area contributed by atoms with Crippen molar-refractivity contribution in [2.24, 2.45) is 0 Å². The Kier molecular flexibility index (Phi) is 3.56. The van der Waals surface area contributed by atoms with Gasteiger partial charge in [0.2, 0.25) is 0 Å². The van der Waals surface area contributed by atoms with Gasteiger partial charge in [0.15, 0.2) is 0 Å². The Morgan fingerprint density at radius 1 is 1.47 bits per heavy atom. The van der Waals surface area contributed by atoms with Crippen molar-refractivity contribution in [3.63, 3.8) is 0 Å². The molecule has 1 saturated carbocycles. The van der Waals surface area contributed by atoms with Crippen molar-refractivity contribution in [3.05, 3.63) is 39.3 Å². The summed E-state index contributed by atoms with van der Waals surface area (Å²) in [5.41, 5.74) is 1.49. The van der Waals surface area contributed by atoms with Crippen LogP contribution in [0.25, 0.3) is 5.69 Å². The number of nitrogens with one attached hydrogen (secondary N) is 1. The molecule has 0 radical (unpaired) electrons. The van der Waals surface area contributed by atoms with Gasteiger partial charge < -0.3 is 5.32 Å². The first kappa shape index (κ1) is 13.0. The average molecular weight is 346 g/mol. The van der Waals surface area contributed by atoms with E-state index in [1.54, 1.807) is 10.9 Å². The summed E-state index contributed by atoms with van der Waals surface area (Å²) in [6, 6.07) is 3.22. The molecule has 1 aliphatic carbocycles. The zero-order chi connectivity index (χ0) is 13.4. The first-order valence-corrected chi connectivity index (χ1v) is 7.10. The van der Waals surface area contributed by atoms with E-state index in [4.69, 9.17) is 11.6 Å². The van der Waals surface area contributed by atoms with Gasteiger partial charge in [0.05, 0.1) is 22.6 Å². The third-order valence-electron chi connectivity index (χ3n) is 2.96. The highest BCUT2D eigenvalue weighted by molar-refractivity contribution is 9.10. The number of rotatable bonds is 4. The zero-order valence-corrected chi connectivity index (χ0v) is 12.2. The fraction of sp³-hybridized carbons (Fsp3) is 0.333. The van der Waals surface area contributed by atoms with Crippen LogP contribution in [0.3, 0.4) is 0 Å². The van der Waals surface area contributed by atoms with Crippen molar-refractivity contribution in [1.29, 1.82) is 0 Å². The van der Waals surface area contributed by atoms with Gasteiger partial charge >= 0.3 is 0 Å². The third kappa shape index (κ3) is 2.80. The van der Waals surface area contributed by atoms with E-state index in [1.165, 1.54) is 25.0 Å². The van der Waals surface area contributed by atoms with Crippen LogP contribution in [0.5, 0.6) is 0 Å². The molecule has 0 amide bonds. The van der Waals surface area contributed by atoms with Crippen LogP contribution in [-0.2, 0) is 6.54 Å². The Labute approximate surface area is 123 Å². The van der Waals surface area contributed by atoms with Crippen molar-refractivity contribution in [1.82, 2.24) is 20.3 Å². The van der Waals surface area contributed by atoms with Crippen molar-refractivity contribution in [3.8, 4) is 5.69 Å². The number of aromatic nitrogens is 3. The summed E-state index contributed by atoms with van der Waals surface area (Å²) in [6.07, 6.45) is 4.10. The summed E-state index contributed by atoms with van der Waals surface area (Å²) in [5, 5.41) is 11.6. The maximum absolute atomic E-state index is 13.2. The van der Waals surface area contributed by atoms with E-state index in [-0.39, 0.29) is 0 Å². The molecular weight excluding hydrogens is 335 g/mol. The molecule has 100 valence electrons.